The summed E-state index contributed by atoms with van der Waals surface area (Å²) in [6.45, 7) is 2.93. The summed E-state index contributed by atoms with van der Waals surface area (Å²) in [5.74, 6) is -0.607. The molecular weight excluding hydrogens is 259 g/mol. The molecule has 0 bridgehead atoms. The van der Waals surface area contributed by atoms with Gasteiger partial charge in [0.05, 0.1) is 0 Å². The molecule has 0 amide bonds. The van der Waals surface area contributed by atoms with E-state index < -0.39 is 12.0 Å². The van der Waals surface area contributed by atoms with E-state index in [0.717, 1.165) is 13.1 Å². The van der Waals surface area contributed by atoms with Crippen molar-refractivity contribution in [3.63, 3.8) is 0 Å². The summed E-state index contributed by atoms with van der Waals surface area (Å²) in [5.41, 5.74) is 0. The van der Waals surface area contributed by atoms with Crippen LogP contribution in [-0.4, -0.2) is 55.1 Å². The van der Waals surface area contributed by atoms with Gasteiger partial charge < -0.3 is 15.1 Å². The molecule has 0 atom stereocenters. The monoisotopic (exact) mass is 275 g/mol. The first kappa shape index (κ1) is 13.9. The lowest BCUT2D eigenvalue weighted by Gasteiger charge is -2.33. The van der Waals surface area contributed by atoms with Crippen molar-refractivity contribution < 1.29 is 13.2 Å². The summed E-state index contributed by atoms with van der Waals surface area (Å²) in [6.07, 6.45) is -4.53. The lowest BCUT2D eigenvalue weighted by molar-refractivity contribution is -0.144. The minimum absolute atomic E-state index is 0.177. The highest BCUT2D eigenvalue weighted by atomic mass is 19.4. The fourth-order valence-corrected chi connectivity index (χ4v) is 1.89. The Balaban J connectivity index is 2.29. The molecule has 0 spiro atoms. The second kappa shape index (κ2) is 5.20. The minimum atomic E-state index is -4.53. The smallest absolute Gasteiger partial charge is 0.373 e. The molecule has 1 saturated heterocycles. The Morgan fingerprint density at radius 1 is 1.16 bits per heavy atom. The molecule has 2 heterocycles. The maximum absolute atomic E-state index is 12.7. The van der Waals surface area contributed by atoms with Crippen molar-refractivity contribution in [2.24, 2.45) is 0 Å². The molecule has 1 aliphatic rings. The van der Waals surface area contributed by atoms with Crippen LogP contribution in [0.2, 0.25) is 0 Å². The summed E-state index contributed by atoms with van der Waals surface area (Å²) >= 11 is 0. The Labute approximate surface area is 109 Å². The molecular formula is C11H16F3N5. The Morgan fingerprint density at radius 2 is 1.79 bits per heavy atom. The zero-order valence-electron chi connectivity index (χ0n) is 10.8. The van der Waals surface area contributed by atoms with Gasteiger partial charge in [0.2, 0.25) is 5.82 Å². The second-order valence-electron chi connectivity index (χ2n) is 4.47. The van der Waals surface area contributed by atoms with Crippen LogP contribution in [0.3, 0.4) is 0 Å². The fraction of sp³-hybridized carbons (Fsp3) is 0.636. The molecule has 1 aromatic rings. The molecule has 0 saturated carbocycles. The van der Waals surface area contributed by atoms with Crippen LogP contribution in [0.15, 0.2) is 6.07 Å². The average molecular weight is 275 g/mol. The number of likely N-dealkylation sites (N-methyl/N-ethyl adjacent to an activating group) is 1. The SMILES string of the molecule is CNc1cc(N2CCN(C)CC2)nc(C(F)(F)F)n1. The highest BCUT2D eigenvalue weighted by Gasteiger charge is 2.36. The Hall–Kier alpha value is -1.57. The summed E-state index contributed by atoms with van der Waals surface area (Å²) in [5, 5.41) is 2.64. The standard InChI is InChI=1S/C11H16F3N5/c1-15-8-7-9(17-10(16-8)11(12,13)14)19-5-3-18(2)4-6-19/h7H,3-6H2,1-2H3,(H,15,16,17). The van der Waals surface area contributed by atoms with E-state index in [1.165, 1.54) is 7.05 Å². The summed E-state index contributed by atoms with van der Waals surface area (Å²) in [6, 6.07) is 1.54. The van der Waals surface area contributed by atoms with Crippen molar-refractivity contribution in [2.75, 3.05) is 50.5 Å². The molecule has 0 radical (unpaired) electrons. The summed E-state index contributed by atoms with van der Waals surface area (Å²) in [7, 11) is 3.52. The zero-order valence-corrected chi connectivity index (χ0v) is 10.8. The van der Waals surface area contributed by atoms with E-state index in [2.05, 4.69) is 20.2 Å². The topological polar surface area (TPSA) is 44.3 Å². The zero-order chi connectivity index (χ0) is 14.0. The summed E-state index contributed by atoms with van der Waals surface area (Å²) < 4.78 is 38.2. The van der Waals surface area contributed by atoms with Gasteiger partial charge in [-0.15, -0.1) is 0 Å². The van der Waals surface area contributed by atoms with Crippen molar-refractivity contribution in [2.45, 2.75) is 6.18 Å². The van der Waals surface area contributed by atoms with E-state index in [9.17, 15) is 13.2 Å². The van der Waals surface area contributed by atoms with Gasteiger partial charge in [-0.2, -0.15) is 13.2 Å². The molecule has 2 rings (SSSR count). The minimum Gasteiger partial charge on any atom is -0.373 e. The van der Waals surface area contributed by atoms with E-state index >= 15 is 0 Å². The van der Waals surface area contributed by atoms with Crippen molar-refractivity contribution in [3.05, 3.63) is 11.9 Å². The van der Waals surface area contributed by atoms with Gasteiger partial charge in [0, 0.05) is 39.3 Å². The van der Waals surface area contributed by atoms with Crippen LogP contribution in [-0.2, 0) is 6.18 Å². The first-order valence-electron chi connectivity index (χ1n) is 5.97. The number of rotatable bonds is 2. The lowest BCUT2D eigenvalue weighted by Crippen LogP contribution is -2.45. The van der Waals surface area contributed by atoms with Gasteiger partial charge in [-0.05, 0) is 7.05 Å². The molecule has 1 N–H and O–H groups in total. The van der Waals surface area contributed by atoms with E-state index in [4.69, 9.17) is 0 Å². The number of nitrogens with zero attached hydrogens (tertiary/aromatic N) is 4. The van der Waals surface area contributed by atoms with Crippen molar-refractivity contribution in [1.82, 2.24) is 14.9 Å². The molecule has 1 fully saturated rings. The van der Waals surface area contributed by atoms with Crippen LogP contribution in [0.25, 0.3) is 0 Å². The average Bonchev–Trinajstić information content (AvgIpc) is 2.38. The van der Waals surface area contributed by atoms with Crippen LogP contribution >= 0.6 is 0 Å². The van der Waals surface area contributed by atoms with Gasteiger partial charge in [-0.25, -0.2) is 9.97 Å². The van der Waals surface area contributed by atoms with Crippen LogP contribution in [0.4, 0.5) is 24.8 Å². The number of aromatic nitrogens is 2. The predicted octanol–water partition coefficient (Wildman–Crippen LogP) is 1.29. The number of anilines is 2. The van der Waals surface area contributed by atoms with Gasteiger partial charge in [-0.3, -0.25) is 0 Å². The third-order valence-corrected chi connectivity index (χ3v) is 3.05. The van der Waals surface area contributed by atoms with Gasteiger partial charge in [0.15, 0.2) is 0 Å². The largest absolute Gasteiger partial charge is 0.451 e. The predicted molar refractivity (Wildman–Crippen MR) is 66.3 cm³/mol. The second-order valence-corrected chi connectivity index (χ2v) is 4.47. The van der Waals surface area contributed by atoms with Crippen molar-refractivity contribution in [1.29, 1.82) is 0 Å². The molecule has 1 aromatic heterocycles. The van der Waals surface area contributed by atoms with Gasteiger partial charge in [-0.1, -0.05) is 0 Å². The lowest BCUT2D eigenvalue weighted by atomic mass is 10.3. The first-order valence-corrected chi connectivity index (χ1v) is 5.97. The quantitative estimate of drug-likeness (QED) is 0.881. The molecule has 0 unspecified atom stereocenters. The third kappa shape index (κ3) is 3.25. The van der Waals surface area contributed by atoms with Gasteiger partial charge >= 0.3 is 6.18 Å². The number of hydrogen-bond donors (Lipinski definition) is 1. The molecule has 8 heteroatoms. The molecule has 0 aliphatic carbocycles. The number of piperazine rings is 1. The van der Waals surface area contributed by atoms with E-state index in [-0.39, 0.29) is 5.82 Å². The van der Waals surface area contributed by atoms with E-state index in [1.807, 2.05) is 11.9 Å². The maximum atomic E-state index is 12.7. The normalized spacial score (nSPS) is 17.6. The molecule has 19 heavy (non-hydrogen) atoms. The Bertz CT molecular complexity index is 440. The fourth-order valence-electron chi connectivity index (χ4n) is 1.89. The van der Waals surface area contributed by atoms with Crippen LogP contribution < -0.4 is 10.2 Å². The number of hydrogen-bond acceptors (Lipinski definition) is 5. The molecule has 1 aliphatic heterocycles. The first-order chi connectivity index (χ1) is 8.90. The Kier molecular flexibility index (Phi) is 3.79. The molecule has 5 nitrogen and oxygen atoms in total. The number of halogens is 3. The van der Waals surface area contributed by atoms with Gasteiger partial charge in [0.1, 0.15) is 11.6 Å². The highest BCUT2D eigenvalue weighted by Crippen LogP contribution is 2.29. The third-order valence-electron chi connectivity index (χ3n) is 3.05. The Morgan fingerprint density at radius 3 is 2.32 bits per heavy atom. The van der Waals surface area contributed by atoms with Crippen LogP contribution in [0.1, 0.15) is 5.82 Å². The van der Waals surface area contributed by atoms with Crippen LogP contribution in [0.5, 0.6) is 0 Å². The van der Waals surface area contributed by atoms with Gasteiger partial charge in [0.25, 0.3) is 0 Å². The highest BCUT2D eigenvalue weighted by molar-refractivity contribution is 5.49. The number of nitrogens with one attached hydrogen (secondary N) is 1. The van der Waals surface area contributed by atoms with E-state index in [0.29, 0.717) is 18.9 Å². The molecule has 0 aromatic carbocycles. The van der Waals surface area contributed by atoms with Crippen molar-refractivity contribution in [3.8, 4) is 0 Å². The number of alkyl halides is 3. The maximum Gasteiger partial charge on any atom is 0.451 e. The van der Waals surface area contributed by atoms with Crippen molar-refractivity contribution >= 4 is 11.6 Å². The molecule has 106 valence electrons. The van der Waals surface area contributed by atoms with Crippen LogP contribution in [0, 0.1) is 0 Å². The van der Waals surface area contributed by atoms with E-state index in [1.54, 1.807) is 6.07 Å². The summed E-state index contributed by atoms with van der Waals surface area (Å²) in [4.78, 5) is 11.1.